The molecule has 0 saturated carbocycles. The molecule has 0 aliphatic carbocycles. The van der Waals surface area contributed by atoms with E-state index in [1.165, 1.54) is 0 Å². The zero-order chi connectivity index (χ0) is 10.1. The van der Waals surface area contributed by atoms with Gasteiger partial charge in [-0.3, -0.25) is 0 Å². The van der Waals surface area contributed by atoms with Crippen LogP contribution in [0, 0.1) is 0 Å². The van der Waals surface area contributed by atoms with Gasteiger partial charge in [0.1, 0.15) is 0 Å². The Kier molecular flexibility index (Phi) is 2.59. The van der Waals surface area contributed by atoms with Crippen LogP contribution in [0.25, 0.3) is 0 Å². The number of nitrogens with one attached hydrogen (secondary N) is 1. The minimum absolute atomic E-state index is 0.0664. The van der Waals surface area contributed by atoms with Gasteiger partial charge in [-0.15, -0.1) is 5.10 Å². The Morgan fingerprint density at radius 2 is 2.00 bits per heavy atom. The molecular formula is C9H18N4. The van der Waals surface area contributed by atoms with Gasteiger partial charge in [0.15, 0.2) is 0 Å². The molecule has 13 heavy (non-hydrogen) atoms. The Balaban J connectivity index is 2.75. The second-order valence-electron chi connectivity index (χ2n) is 4.58. The maximum atomic E-state index is 4.09. The SMILES string of the molecule is CC(C)Nn1cc(C(C)(C)C)nn1. The second kappa shape index (κ2) is 3.36. The van der Waals surface area contributed by atoms with Crippen molar-refractivity contribution in [2.45, 2.75) is 46.1 Å². The summed E-state index contributed by atoms with van der Waals surface area (Å²) in [5.41, 5.74) is 4.21. The normalized spacial score (nSPS) is 12.2. The van der Waals surface area contributed by atoms with E-state index < -0.39 is 0 Å². The Labute approximate surface area is 79.3 Å². The third-order valence-corrected chi connectivity index (χ3v) is 1.65. The van der Waals surface area contributed by atoms with Crippen molar-refractivity contribution in [3.05, 3.63) is 11.9 Å². The predicted octanol–water partition coefficient (Wildman–Crippen LogP) is 1.53. The number of nitrogens with zero attached hydrogens (tertiary/aromatic N) is 3. The molecule has 0 amide bonds. The van der Waals surface area contributed by atoms with Gasteiger partial charge in [0.2, 0.25) is 0 Å². The third-order valence-electron chi connectivity index (χ3n) is 1.65. The summed E-state index contributed by atoms with van der Waals surface area (Å²) in [6.45, 7) is 10.5. The molecule has 0 saturated heterocycles. The van der Waals surface area contributed by atoms with Crippen LogP contribution in [-0.2, 0) is 5.41 Å². The predicted molar refractivity (Wildman–Crippen MR) is 53.2 cm³/mol. The van der Waals surface area contributed by atoms with Crippen LogP contribution in [0.2, 0.25) is 0 Å². The fourth-order valence-electron chi connectivity index (χ4n) is 0.935. The summed E-state index contributed by atoms with van der Waals surface area (Å²) in [7, 11) is 0. The van der Waals surface area contributed by atoms with E-state index in [4.69, 9.17) is 0 Å². The Morgan fingerprint density at radius 3 is 2.38 bits per heavy atom. The van der Waals surface area contributed by atoms with E-state index in [0.29, 0.717) is 6.04 Å². The molecule has 0 fully saturated rings. The van der Waals surface area contributed by atoms with Crippen LogP contribution < -0.4 is 5.43 Å². The van der Waals surface area contributed by atoms with E-state index in [2.05, 4.69) is 50.4 Å². The number of hydrogen-bond donors (Lipinski definition) is 1. The average molecular weight is 182 g/mol. The van der Waals surface area contributed by atoms with Crippen LogP contribution in [0.15, 0.2) is 6.20 Å². The lowest BCUT2D eigenvalue weighted by atomic mass is 9.93. The van der Waals surface area contributed by atoms with E-state index in [1.54, 1.807) is 4.79 Å². The summed E-state index contributed by atoms with van der Waals surface area (Å²) in [4.78, 5) is 1.67. The zero-order valence-electron chi connectivity index (χ0n) is 9.00. The van der Waals surface area contributed by atoms with Crippen LogP contribution in [0.1, 0.15) is 40.3 Å². The van der Waals surface area contributed by atoms with Crippen LogP contribution in [0.3, 0.4) is 0 Å². The van der Waals surface area contributed by atoms with Gasteiger partial charge in [-0.2, -0.15) is 4.79 Å². The lowest BCUT2D eigenvalue weighted by molar-refractivity contribution is 0.566. The van der Waals surface area contributed by atoms with E-state index in [0.717, 1.165) is 5.69 Å². The molecule has 0 spiro atoms. The third kappa shape index (κ3) is 2.72. The minimum Gasteiger partial charge on any atom is -0.306 e. The van der Waals surface area contributed by atoms with Gasteiger partial charge in [0, 0.05) is 11.5 Å². The summed E-state index contributed by atoms with van der Waals surface area (Å²) < 4.78 is 0. The first-order chi connectivity index (χ1) is 5.89. The smallest absolute Gasteiger partial charge is 0.0902 e. The molecule has 0 atom stereocenters. The quantitative estimate of drug-likeness (QED) is 0.754. The highest BCUT2D eigenvalue weighted by Gasteiger charge is 2.17. The van der Waals surface area contributed by atoms with E-state index in [-0.39, 0.29) is 5.41 Å². The van der Waals surface area contributed by atoms with Gasteiger partial charge in [0.25, 0.3) is 0 Å². The maximum Gasteiger partial charge on any atom is 0.0902 e. The summed E-state index contributed by atoms with van der Waals surface area (Å²) in [6.07, 6.45) is 1.93. The van der Waals surface area contributed by atoms with E-state index in [9.17, 15) is 0 Å². The first kappa shape index (κ1) is 10.0. The number of hydrogen-bond acceptors (Lipinski definition) is 3. The van der Waals surface area contributed by atoms with E-state index >= 15 is 0 Å². The van der Waals surface area contributed by atoms with Crippen LogP contribution >= 0.6 is 0 Å². The highest BCUT2D eigenvalue weighted by atomic mass is 15.6. The molecule has 1 rings (SSSR count). The molecule has 0 bridgehead atoms. The van der Waals surface area contributed by atoms with Crippen molar-refractivity contribution in [1.82, 2.24) is 15.1 Å². The lowest BCUT2D eigenvalue weighted by Crippen LogP contribution is -2.22. The summed E-state index contributed by atoms with van der Waals surface area (Å²) in [5, 5.41) is 8.07. The first-order valence-electron chi connectivity index (χ1n) is 4.59. The van der Waals surface area contributed by atoms with Crippen molar-refractivity contribution in [2.75, 3.05) is 5.43 Å². The fraction of sp³-hybridized carbons (Fsp3) is 0.778. The van der Waals surface area contributed by atoms with Crippen molar-refractivity contribution >= 4 is 0 Å². The van der Waals surface area contributed by atoms with Gasteiger partial charge < -0.3 is 5.43 Å². The van der Waals surface area contributed by atoms with Gasteiger partial charge >= 0.3 is 0 Å². The average Bonchev–Trinajstić information content (AvgIpc) is 2.32. The highest BCUT2D eigenvalue weighted by Crippen LogP contribution is 2.18. The van der Waals surface area contributed by atoms with Crippen LogP contribution in [-0.4, -0.2) is 21.1 Å². The number of aromatic nitrogens is 3. The lowest BCUT2D eigenvalue weighted by Gasteiger charge is -2.13. The van der Waals surface area contributed by atoms with E-state index in [1.807, 2.05) is 6.20 Å². The molecule has 1 aromatic rings. The zero-order valence-corrected chi connectivity index (χ0v) is 9.00. The molecule has 0 aromatic carbocycles. The largest absolute Gasteiger partial charge is 0.306 e. The molecule has 1 N–H and O–H groups in total. The van der Waals surface area contributed by atoms with Gasteiger partial charge in [0.05, 0.1) is 11.9 Å². The molecule has 0 aliphatic rings. The van der Waals surface area contributed by atoms with Crippen molar-refractivity contribution in [3.63, 3.8) is 0 Å². The van der Waals surface area contributed by atoms with Gasteiger partial charge in [-0.1, -0.05) is 20.8 Å². The molecular weight excluding hydrogens is 164 g/mol. The Hall–Kier alpha value is -1.06. The molecule has 0 radical (unpaired) electrons. The van der Waals surface area contributed by atoms with Gasteiger partial charge in [-0.05, 0) is 19.1 Å². The molecule has 1 heterocycles. The Bertz CT molecular complexity index is 269. The number of rotatable bonds is 2. The van der Waals surface area contributed by atoms with Crippen molar-refractivity contribution < 1.29 is 0 Å². The molecule has 4 nitrogen and oxygen atoms in total. The monoisotopic (exact) mass is 182 g/mol. The fourth-order valence-corrected chi connectivity index (χ4v) is 0.935. The first-order valence-corrected chi connectivity index (χ1v) is 4.59. The molecule has 0 aliphatic heterocycles. The summed E-state index contributed by atoms with van der Waals surface area (Å²) in [5.74, 6) is 0. The van der Waals surface area contributed by atoms with Crippen LogP contribution in [0.5, 0.6) is 0 Å². The minimum atomic E-state index is 0.0664. The molecule has 4 heteroatoms. The highest BCUT2D eigenvalue weighted by molar-refractivity contribution is 5.06. The Morgan fingerprint density at radius 1 is 1.38 bits per heavy atom. The maximum absolute atomic E-state index is 4.09. The summed E-state index contributed by atoms with van der Waals surface area (Å²) >= 11 is 0. The summed E-state index contributed by atoms with van der Waals surface area (Å²) in [6, 6.07) is 0.370. The molecule has 0 unspecified atom stereocenters. The van der Waals surface area contributed by atoms with Crippen molar-refractivity contribution in [2.24, 2.45) is 0 Å². The van der Waals surface area contributed by atoms with Gasteiger partial charge in [-0.25, -0.2) is 0 Å². The molecule has 1 aromatic heterocycles. The topological polar surface area (TPSA) is 42.7 Å². The second-order valence-corrected chi connectivity index (χ2v) is 4.58. The van der Waals surface area contributed by atoms with Crippen LogP contribution in [0.4, 0.5) is 0 Å². The molecule has 74 valence electrons. The van der Waals surface area contributed by atoms with Crippen molar-refractivity contribution in [1.29, 1.82) is 0 Å². The standard InChI is InChI=1S/C9H18N4/c1-7(2)11-13-6-8(10-12-13)9(3,4)5/h6-7,11H,1-5H3. The van der Waals surface area contributed by atoms with Crippen molar-refractivity contribution in [3.8, 4) is 0 Å².